The summed E-state index contributed by atoms with van der Waals surface area (Å²) in [6.45, 7) is 2.01. The third kappa shape index (κ3) is 7.09. The quantitative estimate of drug-likeness (QED) is 0.160. The number of alkyl halides is 3. The lowest BCUT2D eigenvalue weighted by Crippen LogP contribution is -2.39. The minimum atomic E-state index is -2.07. The van der Waals surface area contributed by atoms with Gasteiger partial charge in [-0.2, -0.15) is 4.73 Å². The van der Waals surface area contributed by atoms with Crippen molar-refractivity contribution in [3.05, 3.63) is 94.8 Å². The minimum Gasteiger partial charge on any atom is -0.618 e. The molecule has 4 rings (SSSR count). The highest BCUT2D eigenvalue weighted by atomic mass is 35.6. The van der Waals surface area contributed by atoms with Gasteiger partial charge in [0, 0.05) is 35.1 Å². The number of pyridine rings is 1. The van der Waals surface area contributed by atoms with E-state index in [0.29, 0.717) is 16.5 Å². The summed E-state index contributed by atoms with van der Waals surface area (Å²) >= 11 is 18.3. The standard InChI is InChI=1S/C26H25Cl3N2O5S/c1-16-21(15-37-22-4-2-3-13-31(22)34)35-24(36-23(16)18-7-5-17(14-32)6-8-18)19-9-11-20(12-10-19)30-25(33)26(27,28)29/h2-13,16,21,23-24,32H,14-15H2,1H3,(H,30,33). The third-order valence-corrected chi connectivity index (χ3v) is 7.63. The first-order valence-electron chi connectivity index (χ1n) is 11.5. The Morgan fingerprint density at radius 2 is 1.73 bits per heavy atom. The van der Waals surface area contributed by atoms with Crippen LogP contribution in [0.4, 0.5) is 5.69 Å². The average molecular weight is 584 g/mol. The number of anilines is 1. The van der Waals surface area contributed by atoms with E-state index in [-0.39, 0.29) is 24.7 Å². The number of benzene rings is 2. The van der Waals surface area contributed by atoms with Gasteiger partial charge in [-0.05, 0) is 29.3 Å². The molecule has 1 fully saturated rings. The van der Waals surface area contributed by atoms with Crippen LogP contribution in [0.2, 0.25) is 0 Å². The molecule has 11 heteroatoms. The molecule has 0 aliphatic carbocycles. The number of carbonyl (C=O) groups excluding carboxylic acids is 1. The molecule has 7 nitrogen and oxygen atoms in total. The molecular formula is C26H25Cl3N2O5S. The van der Waals surface area contributed by atoms with E-state index in [2.05, 4.69) is 12.2 Å². The first-order valence-corrected chi connectivity index (χ1v) is 13.6. The molecule has 0 saturated carbocycles. The van der Waals surface area contributed by atoms with Crippen molar-refractivity contribution in [3.8, 4) is 0 Å². The van der Waals surface area contributed by atoms with E-state index in [1.165, 1.54) is 18.0 Å². The number of rotatable bonds is 7. The highest BCUT2D eigenvalue weighted by Crippen LogP contribution is 2.43. The summed E-state index contributed by atoms with van der Waals surface area (Å²) in [4.78, 5) is 12.0. The number of aliphatic hydroxyl groups is 1. The van der Waals surface area contributed by atoms with Crippen LogP contribution >= 0.6 is 46.6 Å². The zero-order valence-electron chi connectivity index (χ0n) is 19.7. The van der Waals surface area contributed by atoms with Crippen LogP contribution in [0.3, 0.4) is 0 Å². The van der Waals surface area contributed by atoms with Crippen LogP contribution in [0.1, 0.15) is 36.0 Å². The molecule has 37 heavy (non-hydrogen) atoms. The molecule has 2 heterocycles. The van der Waals surface area contributed by atoms with Gasteiger partial charge in [-0.3, -0.25) is 4.79 Å². The minimum absolute atomic E-state index is 0.0320. The van der Waals surface area contributed by atoms with E-state index >= 15 is 0 Å². The zero-order valence-corrected chi connectivity index (χ0v) is 22.8. The number of thioether (sulfide) groups is 1. The van der Waals surface area contributed by atoms with E-state index in [4.69, 9.17) is 44.3 Å². The zero-order chi connectivity index (χ0) is 26.6. The Kier molecular flexibility index (Phi) is 9.24. The predicted molar refractivity (Wildman–Crippen MR) is 144 cm³/mol. The van der Waals surface area contributed by atoms with Gasteiger partial charge in [0.1, 0.15) is 0 Å². The van der Waals surface area contributed by atoms with Crippen LogP contribution in [-0.4, -0.2) is 26.7 Å². The number of nitrogens with zero attached hydrogens (tertiary/aromatic N) is 1. The first-order chi connectivity index (χ1) is 17.7. The lowest BCUT2D eigenvalue weighted by Gasteiger charge is -2.41. The first kappa shape index (κ1) is 28.0. The van der Waals surface area contributed by atoms with Crippen LogP contribution < -0.4 is 10.0 Å². The maximum absolute atomic E-state index is 12.1. The van der Waals surface area contributed by atoms with E-state index in [1.807, 2.05) is 30.3 Å². The van der Waals surface area contributed by atoms with Gasteiger partial charge in [0.25, 0.3) is 14.7 Å². The average Bonchev–Trinajstić information content (AvgIpc) is 2.89. The lowest BCUT2D eigenvalue weighted by molar-refractivity contribution is -0.645. The molecule has 1 aliphatic heterocycles. The topological polar surface area (TPSA) is 94.7 Å². The monoisotopic (exact) mass is 582 g/mol. The molecule has 1 aliphatic rings. The Bertz CT molecular complexity index is 1210. The summed E-state index contributed by atoms with van der Waals surface area (Å²) in [7, 11) is 0. The van der Waals surface area contributed by atoms with Crippen LogP contribution in [0.15, 0.2) is 78.0 Å². The van der Waals surface area contributed by atoms with Crippen LogP contribution in [0.25, 0.3) is 0 Å². The molecule has 1 amide bonds. The molecule has 0 spiro atoms. The summed E-state index contributed by atoms with van der Waals surface area (Å²) in [6, 6.07) is 19.8. The lowest BCUT2D eigenvalue weighted by atomic mass is 9.91. The molecule has 0 radical (unpaired) electrons. The van der Waals surface area contributed by atoms with E-state index in [0.717, 1.165) is 21.4 Å². The maximum atomic E-state index is 12.1. The highest BCUT2D eigenvalue weighted by molar-refractivity contribution is 7.99. The Morgan fingerprint density at radius 3 is 2.35 bits per heavy atom. The van der Waals surface area contributed by atoms with Crippen LogP contribution in [0.5, 0.6) is 0 Å². The summed E-state index contributed by atoms with van der Waals surface area (Å²) in [5.41, 5.74) is 2.96. The smallest absolute Gasteiger partial charge is 0.276 e. The van der Waals surface area contributed by atoms with Crippen molar-refractivity contribution < 1.29 is 24.1 Å². The Labute approximate surface area is 234 Å². The molecule has 0 bridgehead atoms. The summed E-state index contributed by atoms with van der Waals surface area (Å²) in [5.74, 6) is -0.254. The largest absolute Gasteiger partial charge is 0.618 e. The molecule has 2 N–H and O–H groups in total. The maximum Gasteiger partial charge on any atom is 0.276 e. The summed E-state index contributed by atoms with van der Waals surface area (Å²) in [6.07, 6.45) is 0.233. The van der Waals surface area contributed by atoms with Crippen LogP contribution in [-0.2, 0) is 20.9 Å². The molecule has 1 saturated heterocycles. The van der Waals surface area contributed by atoms with Crippen molar-refractivity contribution in [1.82, 2.24) is 0 Å². The number of aromatic nitrogens is 1. The molecule has 1 aromatic heterocycles. The fraction of sp³-hybridized carbons (Fsp3) is 0.308. The summed E-state index contributed by atoms with van der Waals surface area (Å²) in [5, 5.41) is 24.7. The molecular weight excluding hydrogens is 559 g/mol. The van der Waals surface area contributed by atoms with Crippen molar-refractivity contribution in [2.24, 2.45) is 5.92 Å². The van der Waals surface area contributed by atoms with Crippen molar-refractivity contribution >= 4 is 58.2 Å². The van der Waals surface area contributed by atoms with Gasteiger partial charge in [-0.1, -0.05) is 89.9 Å². The molecule has 2 aromatic carbocycles. The van der Waals surface area contributed by atoms with Gasteiger partial charge in [0.15, 0.2) is 12.5 Å². The van der Waals surface area contributed by atoms with Gasteiger partial charge < -0.3 is 25.1 Å². The fourth-order valence-electron chi connectivity index (χ4n) is 3.93. The van der Waals surface area contributed by atoms with Gasteiger partial charge >= 0.3 is 0 Å². The van der Waals surface area contributed by atoms with Crippen molar-refractivity contribution in [2.45, 2.75) is 40.8 Å². The number of hydrogen-bond donors (Lipinski definition) is 2. The van der Waals surface area contributed by atoms with E-state index in [1.54, 1.807) is 36.4 Å². The number of aliphatic hydroxyl groups excluding tert-OH is 1. The second-order valence-electron chi connectivity index (χ2n) is 8.57. The second kappa shape index (κ2) is 12.2. The number of carbonyl (C=O) groups is 1. The Hall–Kier alpha value is -2.04. The second-order valence-corrected chi connectivity index (χ2v) is 11.9. The van der Waals surface area contributed by atoms with Crippen LogP contribution in [0, 0.1) is 11.1 Å². The molecule has 3 aromatic rings. The van der Waals surface area contributed by atoms with E-state index in [9.17, 15) is 15.1 Å². The number of ether oxygens (including phenoxy) is 2. The molecule has 4 atom stereocenters. The summed E-state index contributed by atoms with van der Waals surface area (Å²) < 4.78 is 11.5. The van der Waals surface area contributed by atoms with Gasteiger partial charge in [0.2, 0.25) is 0 Å². The normalized spacial score (nSPS) is 22.0. The fourth-order valence-corrected chi connectivity index (χ4v) is 5.15. The van der Waals surface area contributed by atoms with Gasteiger partial charge in [-0.25, -0.2) is 0 Å². The Morgan fingerprint density at radius 1 is 1.05 bits per heavy atom. The SMILES string of the molecule is CC1C(CSc2cccc[n+]2[O-])OC(c2ccc(NC(=O)C(Cl)(Cl)Cl)cc2)OC1c1ccc(CO)cc1. The van der Waals surface area contributed by atoms with Crippen molar-refractivity contribution in [3.63, 3.8) is 0 Å². The number of nitrogens with one attached hydrogen (secondary N) is 1. The molecule has 4 unspecified atom stereocenters. The molecule has 196 valence electrons. The predicted octanol–water partition coefficient (Wildman–Crippen LogP) is 5.70. The number of amides is 1. The number of hydrogen-bond acceptors (Lipinski definition) is 6. The third-order valence-electron chi connectivity index (χ3n) is 6.01. The van der Waals surface area contributed by atoms with E-state index < -0.39 is 16.0 Å². The van der Waals surface area contributed by atoms with Gasteiger partial charge in [0.05, 0.1) is 18.8 Å². The van der Waals surface area contributed by atoms with Gasteiger partial charge in [-0.15, -0.1) is 0 Å². The number of halogens is 3. The van der Waals surface area contributed by atoms with Crippen molar-refractivity contribution in [2.75, 3.05) is 11.1 Å². The highest BCUT2D eigenvalue weighted by Gasteiger charge is 2.39. The Balaban J connectivity index is 1.56. The van der Waals surface area contributed by atoms with Crippen molar-refractivity contribution in [1.29, 1.82) is 0 Å².